The number of rotatable bonds is 3. The van der Waals surface area contributed by atoms with E-state index in [9.17, 15) is 9.90 Å². The SMILES string of the molecule is CC(Cc1ccc(N)cc1)c1nc(O)cc(=O)[nH]1. The topological polar surface area (TPSA) is 92.0 Å². The summed E-state index contributed by atoms with van der Waals surface area (Å²) in [6.07, 6.45) is 0.715. The molecule has 0 amide bonds. The summed E-state index contributed by atoms with van der Waals surface area (Å²) in [4.78, 5) is 17.8. The minimum Gasteiger partial charge on any atom is -0.493 e. The lowest BCUT2D eigenvalue weighted by molar-refractivity contribution is 0.444. The van der Waals surface area contributed by atoms with Crippen molar-refractivity contribution >= 4 is 5.69 Å². The number of aromatic nitrogens is 2. The quantitative estimate of drug-likeness (QED) is 0.713. The van der Waals surface area contributed by atoms with Crippen LogP contribution in [0.5, 0.6) is 5.88 Å². The molecule has 5 nitrogen and oxygen atoms in total. The van der Waals surface area contributed by atoms with Crippen molar-refractivity contribution in [1.29, 1.82) is 0 Å². The second-order valence-corrected chi connectivity index (χ2v) is 4.34. The minimum absolute atomic E-state index is 0.00780. The zero-order valence-corrected chi connectivity index (χ0v) is 10.1. The Balaban J connectivity index is 2.18. The molecule has 0 aliphatic rings. The van der Waals surface area contributed by atoms with Crippen LogP contribution in [0.4, 0.5) is 5.69 Å². The summed E-state index contributed by atoms with van der Waals surface area (Å²) in [5.41, 5.74) is 7.09. The third-order valence-electron chi connectivity index (χ3n) is 2.73. The molecule has 0 saturated heterocycles. The standard InChI is InChI=1S/C13H15N3O2/c1-8(6-9-2-4-10(14)5-3-9)13-15-11(17)7-12(18)16-13/h2-5,7-8H,6,14H2,1H3,(H2,15,16,17,18). The van der Waals surface area contributed by atoms with Gasteiger partial charge < -0.3 is 15.8 Å². The first kappa shape index (κ1) is 12.2. The number of H-pyrrole nitrogens is 1. The van der Waals surface area contributed by atoms with E-state index < -0.39 is 0 Å². The Hall–Kier alpha value is -2.30. The summed E-state index contributed by atoms with van der Waals surface area (Å²) < 4.78 is 0. The molecule has 5 heteroatoms. The van der Waals surface area contributed by atoms with Gasteiger partial charge in [0.15, 0.2) is 0 Å². The number of nitrogens with two attached hydrogens (primary N) is 1. The van der Waals surface area contributed by atoms with Crippen molar-refractivity contribution in [2.45, 2.75) is 19.3 Å². The van der Waals surface area contributed by atoms with Crippen LogP contribution in [0.1, 0.15) is 24.2 Å². The molecule has 0 spiro atoms. The van der Waals surface area contributed by atoms with E-state index >= 15 is 0 Å². The number of nitrogen functional groups attached to an aromatic ring is 1. The van der Waals surface area contributed by atoms with Crippen molar-refractivity contribution in [2.75, 3.05) is 5.73 Å². The fraction of sp³-hybridized carbons (Fsp3) is 0.231. The molecular weight excluding hydrogens is 230 g/mol. The monoisotopic (exact) mass is 245 g/mol. The molecule has 0 aliphatic carbocycles. The average molecular weight is 245 g/mol. The molecule has 0 aliphatic heterocycles. The summed E-state index contributed by atoms with van der Waals surface area (Å²) >= 11 is 0. The maximum atomic E-state index is 11.2. The molecule has 0 bridgehead atoms. The molecule has 0 saturated carbocycles. The first-order valence-corrected chi connectivity index (χ1v) is 5.69. The van der Waals surface area contributed by atoms with Gasteiger partial charge in [-0.05, 0) is 24.1 Å². The number of hydrogen-bond acceptors (Lipinski definition) is 4. The molecule has 2 rings (SSSR count). The van der Waals surface area contributed by atoms with Crippen LogP contribution in [-0.4, -0.2) is 15.1 Å². The predicted molar refractivity (Wildman–Crippen MR) is 69.5 cm³/mol. The van der Waals surface area contributed by atoms with Gasteiger partial charge in [-0.1, -0.05) is 19.1 Å². The highest BCUT2D eigenvalue weighted by molar-refractivity contribution is 5.39. The summed E-state index contributed by atoms with van der Waals surface area (Å²) in [5.74, 6) is 0.239. The van der Waals surface area contributed by atoms with Crippen molar-refractivity contribution in [1.82, 2.24) is 9.97 Å². The van der Waals surface area contributed by atoms with Crippen molar-refractivity contribution in [3.05, 3.63) is 52.1 Å². The molecule has 0 radical (unpaired) electrons. The predicted octanol–water partition coefficient (Wildman–Crippen LogP) is 1.40. The van der Waals surface area contributed by atoms with Crippen molar-refractivity contribution in [3.8, 4) is 5.88 Å². The molecular formula is C13H15N3O2. The van der Waals surface area contributed by atoms with Crippen molar-refractivity contribution in [2.24, 2.45) is 0 Å². The van der Waals surface area contributed by atoms with E-state index in [4.69, 9.17) is 5.73 Å². The Bertz CT molecular complexity index is 590. The number of aromatic amines is 1. The van der Waals surface area contributed by atoms with Crippen LogP contribution in [0, 0.1) is 0 Å². The average Bonchev–Trinajstić information content (AvgIpc) is 2.31. The second-order valence-electron chi connectivity index (χ2n) is 4.34. The summed E-state index contributed by atoms with van der Waals surface area (Å²) in [5, 5.41) is 9.30. The van der Waals surface area contributed by atoms with E-state index in [-0.39, 0.29) is 17.4 Å². The molecule has 2 aromatic rings. The molecule has 18 heavy (non-hydrogen) atoms. The zero-order chi connectivity index (χ0) is 13.1. The number of nitrogens with one attached hydrogen (secondary N) is 1. The zero-order valence-electron chi connectivity index (χ0n) is 10.1. The van der Waals surface area contributed by atoms with Crippen LogP contribution < -0.4 is 11.3 Å². The van der Waals surface area contributed by atoms with Crippen LogP contribution in [0.2, 0.25) is 0 Å². The summed E-state index contributed by atoms with van der Waals surface area (Å²) in [7, 11) is 0. The molecule has 94 valence electrons. The van der Waals surface area contributed by atoms with E-state index in [1.54, 1.807) is 0 Å². The van der Waals surface area contributed by atoms with E-state index in [0.717, 1.165) is 17.3 Å². The van der Waals surface area contributed by atoms with Crippen LogP contribution in [-0.2, 0) is 6.42 Å². The van der Waals surface area contributed by atoms with Crippen molar-refractivity contribution in [3.63, 3.8) is 0 Å². The van der Waals surface area contributed by atoms with Gasteiger partial charge in [0.1, 0.15) is 5.82 Å². The Morgan fingerprint density at radius 3 is 2.67 bits per heavy atom. The van der Waals surface area contributed by atoms with E-state index in [0.29, 0.717) is 12.2 Å². The minimum atomic E-state index is -0.346. The third-order valence-corrected chi connectivity index (χ3v) is 2.73. The highest BCUT2D eigenvalue weighted by Crippen LogP contribution is 2.18. The molecule has 1 aromatic carbocycles. The van der Waals surface area contributed by atoms with Gasteiger partial charge in [0, 0.05) is 11.6 Å². The summed E-state index contributed by atoms with van der Waals surface area (Å²) in [6, 6.07) is 8.60. The normalized spacial score (nSPS) is 12.3. The molecule has 1 atom stereocenters. The fourth-order valence-electron chi connectivity index (χ4n) is 1.80. The third kappa shape index (κ3) is 2.88. The first-order valence-electron chi connectivity index (χ1n) is 5.69. The largest absolute Gasteiger partial charge is 0.493 e. The number of anilines is 1. The number of nitrogens with zero attached hydrogens (tertiary/aromatic N) is 1. The van der Waals surface area contributed by atoms with Crippen LogP contribution >= 0.6 is 0 Å². The fourth-order valence-corrected chi connectivity index (χ4v) is 1.80. The van der Waals surface area contributed by atoms with Gasteiger partial charge in [0.05, 0.1) is 6.07 Å². The van der Waals surface area contributed by atoms with Gasteiger partial charge >= 0.3 is 0 Å². The van der Waals surface area contributed by atoms with Crippen molar-refractivity contribution < 1.29 is 5.11 Å². The lowest BCUT2D eigenvalue weighted by Crippen LogP contribution is -2.13. The van der Waals surface area contributed by atoms with Crippen LogP contribution in [0.15, 0.2) is 35.1 Å². The van der Waals surface area contributed by atoms with Gasteiger partial charge in [0.25, 0.3) is 5.56 Å². The number of benzene rings is 1. The molecule has 1 unspecified atom stereocenters. The highest BCUT2D eigenvalue weighted by Gasteiger charge is 2.10. The maximum absolute atomic E-state index is 11.2. The van der Waals surface area contributed by atoms with Gasteiger partial charge in [-0.25, -0.2) is 4.98 Å². The number of hydrogen-bond donors (Lipinski definition) is 3. The lowest BCUT2D eigenvalue weighted by atomic mass is 10.0. The van der Waals surface area contributed by atoms with Crippen LogP contribution in [0.3, 0.4) is 0 Å². The summed E-state index contributed by atoms with van der Waals surface area (Å²) in [6.45, 7) is 1.94. The Kier molecular flexibility index (Phi) is 3.32. The maximum Gasteiger partial charge on any atom is 0.254 e. The van der Waals surface area contributed by atoms with Crippen LogP contribution in [0.25, 0.3) is 0 Å². The number of aromatic hydroxyl groups is 1. The van der Waals surface area contributed by atoms with Gasteiger partial charge in [-0.15, -0.1) is 0 Å². The molecule has 0 fully saturated rings. The van der Waals surface area contributed by atoms with E-state index in [1.165, 1.54) is 0 Å². The molecule has 1 aromatic heterocycles. The van der Waals surface area contributed by atoms with Gasteiger partial charge in [0.2, 0.25) is 5.88 Å². The Morgan fingerprint density at radius 1 is 1.39 bits per heavy atom. The smallest absolute Gasteiger partial charge is 0.254 e. The Morgan fingerprint density at radius 2 is 2.06 bits per heavy atom. The second kappa shape index (κ2) is 4.91. The van der Waals surface area contributed by atoms with E-state index in [1.807, 2.05) is 31.2 Å². The molecule has 4 N–H and O–H groups in total. The molecule has 1 heterocycles. The van der Waals surface area contributed by atoms with Gasteiger partial charge in [-0.3, -0.25) is 4.79 Å². The first-order chi connectivity index (χ1) is 8.54. The lowest BCUT2D eigenvalue weighted by Gasteiger charge is -2.10. The van der Waals surface area contributed by atoms with Gasteiger partial charge in [-0.2, -0.15) is 0 Å². The highest BCUT2D eigenvalue weighted by atomic mass is 16.3. The Labute approximate surface area is 104 Å². The van der Waals surface area contributed by atoms with E-state index in [2.05, 4.69) is 9.97 Å².